The Morgan fingerprint density at radius 2 is 1.18 bits per heavy atom. The molecule has 8 rings (SSSR count). The van der Waals surface area contributed by atoms with Gasteiger partial charge in [0.15, 0.2) is 0 Å². The molecular weight excluding hydrogens is 637 g/mol. The lowest BCUT2D eigenvalue weighted by molar-refractivity contribution is 1.07. The molecule has 3 heteroatoms. The SMILES string of the molecule is C/C(=C\C=C(/CNc1ccc(-c2cccc3c2sc2ccccc23)cc1)Nc1ccc(C2=CC=C(c3ccccc3)CC2)cc1)c1ccccc1. The molecule has 0 radical (unpaired) electrons. The number of hydrogen-bond donors (Lipinski definition) is 2. The minimum atomic E-state index is 0.657. The predicted molar refractivity (Wildman–Crippen MR) is 223 cm³/mol. The van der Waals surface area contributed by atoms with Crippen molar-refractivity contribution in [1.29, 1.82) is 0 Å². The maximum atomic E-state index is 3.71. The second kappa shape index (κ2) is 14.9. The number of hydrogen-bond acceptors (Lipinski definition) is 3. The second-order valence-electron chi connectivity index (χ2n) is 13.1. The van der Waals surface area contributed by atoms with Gasteiger partial charge in [0.05, 0.1) is 6.54 Å². The monoisotopic (exact) mass is 676 g/mol. The second-order valence-corrected chi connectivity index (χ2v) is 14.1. The van der Waals surface area contributed by atoms with Crippen LogP contribution in [0, 0.1) is 0 Å². The van der Waals surface area contributed by atoms with E-state index in [9.17, 15) is 0 Å². The average molecular weight is 677 g/mol. The van der Waals surface area contributed by atoms with Gasteiger partial charge >= 0.3 is 0 Å². The molecule has 1 heterocycles. The third-order valence-electron chi connectivity index (χ3n) is 9.70. The highest BCUT2D eigenvalue weighted by molar-refractivity contribution is 7.26. The number of allylic oxidation sites excluding steroid dienone is 7. The number of fused-ring (bicyclic) bond motifs is 3. The summed E-state index contributed by atoms with van der Waals surface area (Å²) in [5.74, 6) is 0. The number of benzene rings is 6. The van der Waals surface area contributed by atoms with Crippen molar-refractivity contribution in [2.45, 2.75) is 19.8 Å². The van der Waals surface area contributed by atoms with Crippen molar-refractivity contribution in [1.82, 2.24) is 0 Å². The Labute approximate surface area is 304 Å². The fraction of sp³-hybridized carbons (Fsp3) is 0.0833. The van der Waals surface area contributed by atoms with E-state index in [-0.39, 0.29) is 0 Å². The molecule has 0 fully saturated rings. The zero-order valence-electron chi connectivity index (χ0n) is 28.8. The lowest BCUT2D eigenvalue weighted by Gasteiger charge is -2.17. The standard InChI is InChI=1S/C48H40N2S/c1-34(35-11-4-2-5-12-35)19-28-43(50-42-31-24-39(25-32-42)38-22-20-37(21-23-38)36-13-6-3-7-14-36)33-49-41-29-26-40(27-30-41)44-16-10-17-46-45-15-8-9-18-47(45)51-48(44)46/h2-20,22,24-32,49-50H,21,23,33H2,1H3/b34-19+,43-28+. The van der Waals surface area contributed by atoms with Gasteiger partial charge in [0.1, 0.15) is 0 Å². The van der Waals surface area contributed by atoms with E-state index in [0.717, 1.165) is 29.9 Å². The Morgan fingerprint density at radius 1 is 0.569 bits per heavy atom. The van der Waals surface area contributed by atoms with Crippen molar-refractivity contribution in [2.24, 2.45) is 0 Å². The van der Waals surface area contributed by atoms with Crippen LogP contribution in [0.1, 0.15) is 36.5 Å². The molecule has 6 aromatic carbocycles. The Morgan fingerprint density at radius 3 is 1.90 bits per heavy atom. The van der Waals surface area contributed by atoms with Crippen LogP contribution in [0.2, 0.25) is 0 Å². The lowest BCUT2D eigenvalue weighted by Crippen LogP contribution is -2.11. The number of nitrogens with one attached hydrogen (secondary N) is 2. The summed E-state index contributed by atoms with van der Waals surface area (Å²) in [6.07, 6.45) is 11.1. The van der Waals surface area contributed by atoms with E-state index >= 15 is 0 Å². The Hall–Kier alpha value is -5.90. The van der Waals surface area contributed by atoms with Crippen LogP contribution in [-0.2, 0) is 0 Å². The molecule has 1 aromatic heterocycles. The Kier molecular flexibility index (Phi) is 9.45. The highest BCUT2D eigenvalue weighted by Gasteiger charge is 2.12. The smallest absolute Gasteiger partial charge is 0.0551 e. The highest BCUT2D eigenvalue weighted by Crippen LogP contribution is 2.40. The molecule has 7 aromatic rings. The zero-order valence-corrected chi connectivity index (χ0v) is 29.6. The van der Waals surface area contributed by atoms with Crippen LogP contribution in [0.25, 0.3) is 48.0 Å². The van der Waals surface area contributed by atoms with Crippen molar-refractivity contribution in [2.75, 3.05) is 17.2 Å². The summed E-state index contributed by atoms with van der Waals surface area (Å²) < 4.78 is 2.67. The van der Waals surface area contributed by atoms with Gasteiger partial charge in [0, 0.05) is 37.2 Å². The Balaban J connectivity index is 0.996. The zero-order chi connectivity index (χ0) is 34.4. The van der Waals surface area contributed by atoms with Gasteiger partial charge < -0.3 is 10.6 Å². The van der Waals surface area contributed by atoms with E-state index in [1.54, 1.807) is 0 Å². The van der Waals surface area contributed by atoms with Crippen LogP contribution in [0.4, 0.5) is 11.4 Å². The van der Waals surface area contributed by atoms with E-state index in [1.807, 2.05) is 11.3 Å². The molecule has 0 saturated carbocycles. The van der Waals surface area contributed by atoms with Crippen molar-refractivity contribution < 1.29 is 0 Å². The summed E-state index contributed by atoms with van der Waals surface area (Å²) in [6, 6.07) is 54.3. The first-order chi connectivity index (χ1) is 25.2. The number of thiophene rings is 1. The van der Waals surface area contributed by atoms with Crippen LogP contribution < -0.4 is 10.6 Å². The van der Waals surface area contributed by atoms with E-state index in [0.29, 0.717) is 6.54 Å². The van der Waals surface area contributed by atoms with Crippen molar-refractivity contribution in [3.63, 3.8) is 0 Å². The van der Waals surface area contributed by atoms with E-state index in [1.165, 1.54) is 64.7 Å². The molecule has 0 atom stereocenters. The van der Waals surface area contributed by atoms with E-state index in [4.69, 9.17) is 0 Å². The van der Waals surface area contributed by atoms with Gasteiger partial charge in [-0.25, -0.2) is 0 Å². The van der Waals surface area contributed by atoms with Gasteiger partial charge in [0.25, 0.3) is 0 Å². The van der Waals surface area contributed by atoms with E-state index in [2.05, 4.69) is 194 Å². The average Bonchev–Trinajstić information content (AvgIpc) is 3.59. The van der Waals surface area contributed by atoms with Gasteiger partial charge in [0.2, 0.25) is 0 Å². The van der Waals surface area contributed by atoms with Gasteiger partial charge in [-0.05, 0) is 101 Å². The molecule has 0 saturated heterocycles. The van der Waals surface area contributed by atoms with Crippen LogP contribution in [0.15, 0.2) is 182 Å². The molecule has 1 aliphatic carbocycles. The molecule has 2 N–H and O–H groups in total. The first-order valence-corrected chi connectivity index (χ1v) is 18.5. The summed E-state index contributed by atoms with van der Waals surface area (Å²) in [5, 5.41) is 10.0. The third-order valence-corrected chi connectivity index (χ3v) is 10.9. The largest absolute Gasteiger partial charge is 0.379 e. The van der Waals surface area contributed by atoms with Crippen molar-refractivity contribution >= 4 is 59.6 Å². The topological polar surface area (TPSA) is 24.1 Å². The summed E-state index contributed by atoms with van der Waals surface area (Å²) >= 11 is 1.87. The van der Waals surface area contributed by atoms with Gasteiger partial charge in [-0.15, -0.1) is 11.3 Å². The van der Waals surface area contributed by atoms with Crippen LogP contribution in [-0.4, -0.2) is 6.54 Å². The molecule has 2 nitrogen and oxygen atoms in total. The molecule has 0 aliphatic heterocycles. The van der Waals surface area contributed by atoms with Crippen molar-refractivity contribution in [3.8, 4) is 11.1 Å². The van der Waals surface area contributed by atoms with Crippen LogP contribution >= 0.6 is 11.3 Å². The first-order valence-electron chi connectivity index (χ1n) is 17.7. The lowest BCUT2D eigenvalue weighted by atomic mass is 9.90. The van der Waals surface area contributed by atoms with E-state index < -0.39 is 0 Å². The van der Waals surface area contributed by atoms with Gasteiger partial charge in [-0.1, -0.05) is 140 Å². The van der Waals surface area contributed by atoms with Crippen LogP contribution in [0.3, 0.4) is 0 Å². The molecule has 1 aliphatic rings. The van der Waals surface area contributed by atoms with Crippen molar-refractivity contribution in [3.05, 3.63) is 198 Å². The van der Waals surface area contributed by atoms with Gasteiger partial charge in [-0.3, -0.25) is 0 Å². The fourth-order valence-corrected chi connectivity index (χ4v) is 8.07. The first kappa shape index (κ1) is 32.3. The normalized spacial score (nSPS) is 13.6. The maximum Gasteiger partial charge on any atom is 0.0551 e. The summed E-state index contributed by atoms with van der Waals surface area (Å²) in [7, 11) is 0. The number of rotatable bonds is 10. The van der Waals surface area contributed by atoms with Gasteiger partial charge in [-0.2, -0.15) is 0 Å². The maximum absolute atomic E-state index is 3.71. The predicted octanol–water partition coefficient (Wildman–Crippen LogP) is 13.5. The summed E-state index contributed by atoms with van der Waals surface area (Å²) in [5.41, 5.74) is 13.6. The quantitative estimate of drug-likeness (QED) is 0.141. The fourth-order valence-electron chi connectivity index (χ4n) is 6.83. The molecule has 0 bridgehead atoms. The molecule has 0 unspecified atom stereocenters. The summed E-state index contributed by atoms with van der Waals surface area (Å²) in [6.45, 7) is 2.82. The Bertz CT molecular complexity index is 2410. The van der Waals surface area contributed by atoms with Crippen LogP contribution in [0.5, 0.6) is 0 Å². The molecule has 0 amide bonds. The minimum Gasteiger partial charge on any atom is -0.379 e. The molecule has 51 heavy (non-hydrogen) atoms. The third kappa shape index (κ3) is 7.35. The highest BCUT2D eigenvalue weighted by atomic mass is 32.1. The number of anilines is 2. The summed E-state index contributed by atoms with van der Waals surface area (Å²) in [4.78, 5) is 0. The molecular formula is C48H40N2S. The molecule has 248 valence electrons. The molecule has 0 spiro atoms. The minimum absolute atomic E-state index is 0.657.